The van der Waals surface area contributed by atoms with Crippen molar-refractivity contribution < 1.29 is 23.9 Å². The fourth-order valence-electron chi connectivity index (χ4n) is 2.80. The van der Waals surface area contributed by atoms with Gasteiger partial charge >= 0.3 is 5.97 Å². The number of nitrogens with one attached hydrogen (secondary N) is 2. The monoisotopic (exact) mass is 520 g/mol. The van der Waals surface area contributed by atoms with Crippen molar-refractivity contribution in [1.82, 2.24) is 0 Å². The highest BCUT2D eigenvalue weighted by molar-refractivity contribution is 6.42. The van der Waals surface area contributed by atoms with Crippen LogP contribution in [0.4, 0.5) is 11.4 Å². The lowest BCUT2D eigenvalue weighted by Gasteiger charge is -2.11. The summed E-state index contributed by atoms with van der Waals surface area (Å²) in [6.45, 7) is 1.76. The van der Waals surface area contributed by atoms with Gasteiger partial charge in [-0.25, -0.2) is 4.79 Å². The quantitative estimate of drug-likeness (QED) is 0.350. The van der Waals surface area contributed by atoms with Gasteiger partial charge in [-0.1, -0.05) is 34.8 Å². The Bertz CT molecular complexity index is 1180. The van der Waals surface area contributed by atoms with Gasteiger partial charge in [0, 0.05) is 16.3 Å². The van der Waals surface area contributed by atoms with E-state index in [1.807, 2.05) is 0 Å². The summed E-state index contributed by atoms with van der Waals surface area (Å²) in [5, 5.41) is 6.09. The topological polar surface area (TPSA) is 93.7 Å². The summed E-state index contributed by atoms with van der Waals surface area (Å²) in [5.74, 6) is -0.855. The third kappa shape index (κ3) is 6.87. The molecule has 0 atom stereocenters. The molecule has 176 valence electrons. The van der Waals surface area contributed by atoms with E-state index >= 15 is 0 Å². The van der Waals surface area contributed by atoms with Gasteiger partial charge in [0.2, 0.25) is 0 Å². The number of esters is 1. The third-order valence-corrected chi connectivity index (χ3v) is 5.23. The van der Waals surface area contributed by atoms with Crippen LogP contribution < -0.4 is 15.4 Å². The molecule has 0 radical (unpaired) electrons. The fourth-order valence-corrected chi connectivity index (χ4v) is 3.71. The summed E-state index contributed by atoms with van der Waals surface area (Å²) in [6.07, 6.45) is 0. The van der Waals surface area contributed by atoms with Gasteiger partial charge < -0.3 is 20.1 Å². The van der Waals surface area contributed by atoms with Gasteiger partial charge in [0.1, 0.15) is 5.75 Å². The Morgan fingerprint density at radius 1 is 0.824 bits per heavy atom. The molecule has 0 spiro atoms. The predicted molar refractivity (Wildman–Crippen MR) is 132 cm³/mol. The van der Waals surface area contributed by atoms with Gasteiger partial charge in [-0.15, -0.1) is 0 Å². The molecule has 0 aliphatic heterocycles. The average Bonchev–Trinajstić information content (AvgIpc) is 2.81. The van der Waals surface area contributed by atoms with E-state index in [9.17, 15) is 14.4 Å². The number of ether oxygens (including phenoxy) is 2. The SMILES string of the molecule is CCOC(=O)c1ccc(NC(=O)COc2ccc(C(=O)Nc3c(Cl)cc(Cl)cc3Cl)cc2)cc1. The Morgan fingerprint density at radius 3 is 2.00 bits per heavy atom. The van der Waals surface area contributed by atoms with Crippen molar-refractivity contribution in [3.8, 4) is 5.75 Å². The number of benzene rings is 3. The van der Waals surface area contributed by atoms with Crippen LogP contribution in [-0.2, 0) is 9.53 Å². The van der Waals surface area contributed by atoms with E-state index in [2.05, 4.69) is 10.6 Å². The minimum Gasteiger partial charge on any atom is -0.484 e. The summed E-state index contributed by atoms with van der Waals surface area (Å²) in [7, 11) is 0. The Labute approximate surface area is 210 Å². The van der Waals surface area contributed by atoms with Gasteiger partial charge in [0.15, 0.2) is 6.61 Å². The number of hydrogen-bond donors (Lipinski definition) is 2. The Balaban J connectivity index is 1.52. The predicted octanol–water partition coefficient (Wildman–Crippen LogP) is 6.09. The zero-order chi connectivity index (χ0) is 24.7. The molecule has 7 nitrogen and oxygen atoms in total. The summed E-state index contributed by atoms with van der Waals surface area (Å²) in [4.78, 5) is 36.3. The second-order valence-electron chi connectivity index (χ2n) is 6.86. The smallest absolute Gasteiger partial charge is 0.338 e. The van der Waals surface area contributed by atoms with E-state index in [1.54, 1.807) is 43.3 Å². The Morgan fingerprint density at radius 2 is 1.41 bits per heavy atom. The number of rotatable bonds is 8. The fraction of sp³-hybridized carbons (Fsp3) is 0.125. The number of hydrogen-bond acceptors (Lipinski definition) is 5. The lowest BCUT2D eigenvalue weighted by atomic mass is 10.2. The van der Waals surface area contributed by atoms with Crippen molar-refractivity contribution in [2.24, 2.45) is 0 Å². The number of anilines is 2. The van der Waals surface area contributed by atoms with Gasteiger partial charge in [0.05, 0.1) is 27.9 Å². The molecule has 0 aromatic heterocycles. The van der Waals surface area contributed by atoms with Crippen LogP contribution in [0.3, 0.4) is 0 Å². The number of amides is 2. The molecule has 3 aromatic rings. The van der Waals surface area contributed by atoms with Crippen molar-refractivity contribution in [1.29, 1.82) is 0 Å². The Kier molecular flexibility index (Phi) is 8.76. The molecule has 10 heteroatoms. The van der Waals surface area contributed by atoms with Gasteiger partial charge in [-0.3, -0.25) is 9.59 Å². The molecule has 2 N–H and O–H groups in total. The van der Waals surface area contributed by atoms with Crippen LogP contribution in [0.25, 0.3) is 0 Å². The van der Waals surface area contributed by atoms with Crippen molar-refractivity contribution in [2.45, 2.75) is 6.92 Å². The number of halogens is 3. The number of carbonyl (C=O) groups is 3. The Hall–Kier alpha value is -3.26. The maximum atomic E-state index is 12.5. The maximum Gasteiger partial charge on any atom is 0.338 e. The molecule has 2 amide bonds. The van der Waals surface area contributed by atoms with Crippen LogP contribution in [0.15, 0.2) is 60.7 Å². The molecule has 3 aromatic carbocycles. The van der Waals surface area contributed by atoms with Crippen LogP contribution in [0.2, 0.25) is 15.1 Å². The van der Waals surface area contributed by atoms with E-state index in [4.69, 9.17) is 44.3 Å². The molecular formula is C24H19Cl3N2O5. The molecule has 3 rings (SSSR count). The largest absolute Gasteiger partial charge is 0.484 e. The van der Waals surface area contributed by atoms with Crippen molar-refractivity contribution >= 4 is 64.0 Å². The molecule has 0 aliphatic rings. The number of carbonyl (C=O) groups excluding carboxylic acids is 3. The first-order chi connectivity index (χ1) is 16.3. The van der Waals surface area contributed by atoms with E-state index in [0.29, 0.717) is 27.6 Å². The third-order valence-electron chi connectivity index (χ3n) is 4.41. The van der Waals surface area contributed by atoms with E-state index in [-0.39, 0.29) is 28.9 Å². The van der Waals surface area contributed by atoms with Crippen molar-refractivity contribution in [3.05, 3.63) is 86.9 Å². The normalized spacial score (nSPS) is 10.4. The molecule has 0 aliphatic carbocycles. The molecule has 0 unspecified atom stereocenters. The van der Waals surface area contributed by atoms with Gasteiger partial charge in [0.25, 0.3) is 11.8 Å². The molecular weight excluding hydrogens is 503 g/mol. The molecule has 0 fully saturated rings. The summed E-state index contributed by atoms with van der Waals surface area (Å²) >= 11 is 18.1. The van der Waals surface area contributed by atoms with Crippen molar-refractivity contribution in [3.63, 3.8) is 0 Å². The average molecular weight is 522 g/mol. The van der Waals surface area contributed by atoms with Crippen molar-refractivity contribution in [2.75, 3.05) is 23.8 Å². The lowest BCUT2D eigenvalue weighted by Crippen LogP contribution is -2.20. The second-order valence-corrected chi connectivity index (χ2v) is 8.11. The van der Waals surface area contributed by atoms with Crippen LogP contribution in [0.1, 0.15) is 27.6 Å². The highest BCUT2D eigenvalue weighted by Crippen LogP contribution is 2.34. The minimum atomic E-state index is -0.430. The lowest BCUT2D eigenvalue weighted by molar-refractivity contribution is -0.118. The van der Waals surface area contributed by atoms with E-state index < -0.39 is 17.8 Å². The minimum absolute atomic E-state index is 0.215. The highest BCUT2D eigenvalue weighted by atomic mass is 35.5. The molecule has 0 bridgehead atoms. The molecule has 0 saturated carbocycles. The first-order valence-corrected chi connectivity index (χ1v) is 11.2. The molecule has 34 heavy (non-hydrogen) atoms. The summed E-state index contributed by atoms with van der Waals surface area (Å²) < 4.78 is 10.4. The molecule has 0 heterocycles. The first kappa shape index (κ1) is 25.4. The van der Waals surface area contributed by atoms with Crippen LogP contribution in [0, 0.1) is 0 Å². The zero-order valence-electron chi connectivity index (χ0n) is 17.9. The summed E-state index contributed by atoms with van der Waals surface area (Å²) in [5.41, 5.74) is 1.49. The van der Waals surface area contributed by atoms with Crippen LogP contribution in [0.5, 0.6) is 5.75 Å². The second kappa shape index (κ2) is 11.7. The zero-order valence-corrected chi connectivity index (χ0v) is 20.1. The van der Waals surface area contributed by atoms with E-state index in [0.717, 1.165) is 0 Å². The summed E-state index contributed by atoms with van der Waals surface area (Å²) in [6, 6.07) is 15.4. The first-order valence-electron chi connectivity index (χ1n) is 10.0. The van der Waals surface area contributed by atoms with Crippen LogP contribution in [-0.4, -0.2) is 31.0 Å². The van der Waals surface area contributed by atoms with E-state index in [1.165, 1.54) is 24.3 Å². The van der Waals surface area contributed by atoms with Gasteiger partial charge in [-0.2, -0.15) is 0 Å². The highest BCUT2D eigenvalue weighted by Gasteiger charge is 2.13. The van der Waals surface area contributed by atoms with Gasteiger partial charge in [-0.05, 0) is 67.6 Å². The maximum absolute atomic E-state index is 12.5. The van der Waals surface area contributed by atoms with Crippen LogP contribution >= 0.6 is 34.8 Å². The molecule has 0 saturated heterocycles. The standard InChI is InChI=1S/C24H19Cl3N2O5/c1-2-33-24(32)15-3-7-17(8-4-15)28-21(30)13-34-18-9-5-14(6-10-18)23(31)29-22-19(26)11-16(25)12-20(22)27/h3-12H,2,13H2,1H3,(H,28,30)(H,29,31).